The minimum absolute atomic E-state index is 0.0740. The molecule has 0 radical (unpaired) electrons. The summed E-state index contributed by atoms with van der Waals surface area (Å²) in [5.41, 5.74) is 28.9. The highest BCUT2D eigenvalue weighted by Gasteiger charge is 2.39. The molecule has 3 aliphatic carbocycles. The van der Waals surface area contributed by atoms with E-state index in [4.69, 9.17) is 0 Å². The molecule has 1 nitrogen and oxygen atoms in total. The Bertz CT molecular complexity index is 4700. The standard InChI is InChI=1S/C81H61N/c1-79(2)70-30-18-15-26-59(70)62-41-37-54(45-73(62)79)50-33-35-52(36-34-50)67-49-68(51-21-9-7-10-22-51)77-65-29-14-13-25-58(65)69-46-55(40-44-66(69)78(77)76(67)53-23-11-8-12-24-53)82(56-38-42-63-60-27-16-19-31-71(60)80(3,4)74(63)47-56)57-39-43-64-61-28-17-20-32-72(61)81(5,6)75(64)48-57/h7-49H,1-6H3. The van der Waals surface area contributed by atoms with E-state index < -0.39 is 0 Å². The van der Waals surface area contributed by atoms with Crippen LogP contribution in [0.25, 0.3) is 110 Å². The zero-order chi connectivity index (χ0) is 55.2. The first-order chi connectivity index (χ1) is 39.9. The first-order valence-corrected chi connectivity index (χ1v) is 29.2. The van der Waals surface area contributed by atoms with E-state index in [1.165, 1.54) is 144 Å². The van der Waals surface area contributed by atoms with E-state index in [9.17, 15) is 0 Å². The summed E-state index contributed by atoms with van der Waals surface area (Å²) in [6, 6.07) is 98.9. The SMILES string of the molecule is CC1(C)c2ccccc2-c2ccc(-c3ccc(-c4cc(-c5ccccc5)c5c6ccccc6c6cc(N(c7ccc8c(c7)C(C)(C)c7ccccc7-8)c7ccc8c(c7)C(C)(C)c7ccccc7-8)ccc6c5c4-c4ccccc4)cc3)cc21. The molecule has 13 aromatic rings. The second-order valence-corrected chi connectivity index (χ2v) is 24.7. The maximum Gasteiger partial charge on any atom is 0.0468 e. The molecular weight excluding hydrogens is 987 g/mol. The lowest BCUT2D eigenvalue weighted by Crippen LogP contribution is -2.18. The van der Waals surface area contributed by atoms with Gasteiger partial charge in [-0.15, -0.1) is 0 Å². The van der Waals surface area contributed by atoms with Crippen molar-refractivity contribution in [2.45, 2.75) is 57.8 Å². The maximum absolute atomic E-state index is 2.53. The van der Waals surface area contributed by atoms with E-state index in [1.54, 1.807) is 0 Å². The molecule has 0 saturated heterocycles. The van der Waals surface area contributed by atoms with Crippen LogP contribution in [0.5, 0.6) is 0 Å². The van der Waals surface area contributed by atoms with Crippen molar-refractivity contribution >= 4 is 49.4 Å². The second kappa shape index (κ2) is 17.7. The van der Waals surface area contributed by atoms with Gasteiger partial charge < -0.3 is 4.90 Å². The molecule has 13 aromatic carbocycles. The summed E-state index contributed by atoms with van der Waals surface area (Å²) < 4.78 is 0. The van der Waals surface area contributed by atoms with Gasteiger partial charge in [-0.25, -0.2) is 0 Å². The molecule has 16 rings (SSSR count). The van der Waals surface area contributed by atoms with Crippen LogP contribution in [0.1, 0.15) is 74.9 Å². The van der Waals surface area contributed by atoms with Crippen molar-refractivity contribution in [3.63, 3.8) is 0 Å². The molecule has 0 heterocycles. The van der Waals surface area contributed by atoms with Crippen LogP contribution in [0.2, 0.25) is 0 Å². The normalized spacial score (nSPS) is 14.5. The summed E-state index contributed by atoms with van der Waals surface area (Å²) in [4.78, 5) is 2.53. The van der Waals surface area contributed by atoms with Crippen LogP contribution >= 0.6 is 0 Å². The summed E-state index contributed by atoms with van der Waals surface area (Å²) in [7, 11) is 0. The number of benzene rings is 13. The van der Waals surface area contributed by atoms with E-state index in [2.05, 4.69) is 307 Å². The van der Waals surface area contributed by atoms with Crippen molar-refractivity contribution < 1.29 is 0 Å². The van der Waals surface area contributed by atoms with Gasteiger partial charge in [0.1, 0.15) is 0 Å². The highest BCUT2D eigenvalue weighted by Crippen LogP contribution is 2.56. The largest absolute Gasteiger partial charge is 0.310 e. The Labute approximate surface area is 481 Å². The number of fused-ring (bicyclic) bond motifs is 15. The van der Waals surface area contributed by atoms with Crippen LogP contribution in [0.3, 0.4) is 0 Å². The van der Waals surface area contributed by atoms with Crippen molar-refractivity contribution in [1.82, 2.24) is 0 Å². The van der Waals surface area contributed by atoms with Crippen molar-refractivity contribution in [3.05, 3.63) is 294 Å². The monoisotopic (exact) mass is 1050 g/mol. The Morgan fingerprint density at radius 3 is 1.17 bits per heavy atom. The molecule has 0 unspecified atom stereocenters. The van der Waals surface area contributed by atoms with Crippen LogP contribution in [-0.2, 0) is 16.2 Å². The van der Waals surface area contributed by atoms with E-state index in [0.717, 1.165) is 17.1 Å². The van der Waals surface area contributed by atoms with E-state index in [0.29, 0.717) is 0 Å². The fourth-order valence-corrected chi connectivity index (χ4v) is 15.1. The number of hydrogen-bond acceptors (Lipinski definition) is 1. The summed E-state index contributed by atoms with van der Waals surface area (Å²) in [6.07, 6.45) is 0. The number of nitrogens with zero attached hydrogens (tertiary/aromatic N) is 1. The molecule has 82 heavy (non-hydrogen) atoms. The molecule has 1 heteroatoms. The molecule has 0 fully saturated rings. The molecule has 0 bridgehead atoms. The third-order valence-corrected chi connectivity index (χ3v) is 19.3. The molecule has 0 spiro atoms. The Morgan fingerprint density at radius 1 is 0.220 bits per heavy atom. The van der Waals surface area contributed by atoms with Crippen LogP contribution in [0.4, 0.5) is 17.1 Å². The third kappa shape index (κ3) is 6.99. The lowest BCUT2D eigenvalue weighted by molar-refractivity contribution is 0.660. The summed E-state index contributed by atoms with van der Waals surface area (Å²) in [6.45, 7) is 14.3. The van der Waals surface area contributed by atoms with Gasteiger partial charge in [-0.1, -0.05) is 254 Å². The first-order valence-electron chi connectivity index (χ1n) is 29.2. The average molecular weight is 1050 g/mol. The Hall–Kier alpha value is -9.56. The summed E-state index contributed by atoms with van der Waals surface area (Å²) in [5.74, 6) is 0. The van der Waals surface area contributed by atoms with Gasteiger partial charge in [-0.3, -0.25) is 0 Å². The van der Waals surface area contributed by atoms with Crippen molar-refractivity contribution in [2.75, 3.05) is 4.90 Å². The highest BCUT2D eigenvalue weighted by molar-refractivity contribution is 6.33. The Balaban J connectivity index is 0.935. The van der Waals surface area contributed by atoms with E-state index in [1.807, 2.05) is 0 Å². The maximum atomic E-state index is 2.53. The fraction of sp³-hybridized carbons (Fsp3) is 0.111. The van der Waals surface area contributed by atoms with Gasteiger partial charge in [-0.05, 0) is 192 Å². The fourth-order valence-electron chi connectivity index (χ4n) is 15.1. The van der Waals surface area contributed by atoms with E-state index >= 15 is 0 Å². The second-order valence-electron chi connectivity index (χ2n) is 24.7. The lowest BCUT2D eigenvalue weighted by atomic mass is 9.80. The topological polar surface area (TPSA) is 3.24 Å². The van der Waals surface area contributed by atoms with E-state index in [-0.39, 0.29) is 16.2 Å². The van der Waals surface area contributed by atoms with Gasteiger partial charge in [-0.2, -0.15) is 0 Å². The molecule has 390 valence electrons. The quantitative estimate of drug-likeness (QED) is 0.144. The number of anilines is 3. The first kappa shape index (κ1) is 48.4. The Kier molecular flexibility index (Phi) is 10.4. The number of rotatable bonds is 7. The third-order valence-electron chi connectivity index (χ3n) is 19.3. The summed E-state index contributed by atoms with van der Waals surface area (Å²) >= 11 is 0. The Morgan fingerprint density at radius 2 is 0.610 bits per heavy atom. The zero-order valence-corrected chi connectivity index (χ0v) is 47.3. The van der Waals surface area contributed by atoms with Gasteiger partial charge in [0, 0.05) is 33.3 Å². The lowest BCUT2D eigenvalue weighted by Gasteiger charge is -2.30. The van der Waals surface area contributed by atoms with Gasteiger partial charge in [0.2, 0.25) is 0 Å². The molecule has 0 N–H and O–H groups in total. The van der Waals surface area contributed by atoms with Crippen LogP contribution < -0.4 is 4.90 Å². The molecule has 0 aromatic heterocycles. The molecule has 0 amide bonds. The molecule has 0 saturated carbocycles. The van der Waals surface area contributed by atoms with Crippen molar-refractivity contribution in [1.29, 1.82) is 0 Å². The van der Waals surface area contributed by atoms with Gasteiger partial charge in [0.05, 0.1) is 0 Å². The van der Waals surface area contributed by atoms with Crippen LogP contribution in [0, 0.1) is 0 Å². The molecule has 0 aliphatic heterocycles. The molecule has 0 atom stereocenters. The zero-order valence-electron chi connectivity index (χ0n) is 47.3. The van der Waals surface area contributed by atoms with Gasteiger partial charge in [0.25, 0.3) is 0 Å². The number of hydrogen-bond donors (Lipinski definition) is 0. The average Bonchev–Trinajstić information content (AvgIpc) is 2.58. The smallest absolute Gasteiger partial charge is 0.0468 e. The predicted molar refractivity (Wildman–Crippen MR) is 348 cm³/mol. The van der Waals surface area contributed by atoms with Crippen molar-refractivity contribution in [2.24, 2.45) is 0 Å². The van der Waals surface area contributed by atoms with Gasteiger partial charge in [0.15, 0.2) is 0 Å². The minimum atomic E-state index is -0.165. The predicted octanol–water partition coefficient (Wildman–Crippen LogP) is 22.2. The van der Waals surface area contributed by atoms with Crippen LogP contribution in [-0.4, -0.2) is 0 Å². The molecular formula is C81H61N. The molecule has 3 aliphatic rings. The van der Waals surface area contributed by atoms with Crippen LogP contribution in [0.15, 0.2) is 261 Å². The summed E-state index contributed by atoms with van der Waals surface area (Å²) in [5, 5.41) is 7.44. The van der Waals surface area contributed by atoms with Crippen molar-refractivity contribution in [3.8, 4) is 77.9 Å². The minimum Gasteiger partial charge on any atom is -0.310 e. The highest BCUT2D eigenvalue weighted by atomic mass is 15.1. The van der Waals surface area contributed by atoms with Gasteiger partial charge >= 0.3 is 0 Å².